The Morgan fingerprint density at radius 3 is 1.68 bits per heavy atom. The minimum Gasteiger partial charge on any atom is -0.0836 e. The van der Waals surface area contributed by atoms with Crippen LogP contribution < -0.4 is 0 Å². The van der Waals surface area contributed by atoms with Crippen molar-refractivity contribution in [1.29, 1.82) is 0 Å². The second-order valence-corrected chi connectivity index (χ2v) is 10.9. The van der Waals surface area contributed by atoms with Crippen LogP contribution in [0.25, 0.3) is 33.0 Å². The van der Waals surface area contributed by atoms with Crippen molar-refractivity contribution in [3.05, 3.63) is 166 Å². The number of rotatable bonds is 3. The molecule has 0 aliphatic heterocycles. The summed E-state index contributed by atoms with van der Waals surface area (Å²) in [4.78, 5) is 0. The van der Waals surface area contributed by atoms with Crippen LogP contribution in [0.4, 0.5) is 0 Å². The maximum atomic E-state index is 6.92. The van der Waals surface area contributed by atoms with E-state index in [0.29, 0.717) is 0 Å². The third kappa shape index (κ3) is 3.37. The van der Waals surface area contributed by atoms with Gasteiger partial charge in [0.25, 0.3) is 0 Å². The van der Waals surface area contributed by atoms with Gasteiger partial charge in [-0.25, -0.2) is 0 Å². The van der Waals surface area contributed by atoms with Crippen LogP contribution in [0.3, 0.4) is 0 Å². The maximum absolute atomic E-state index is 6.92. The zero-order valence-corrected chi connectivity index (χ0v) is 22.3. The second-order valence-electron chi connectivity index (χ2n) is 10.5. The summed E-state index contributed by atoms with van der Waals surface area (Å²) in [6, 6.07) is 46.6. The minimum absolute atomic E-state index is 0.424. The first-order valence-electron chi connectivity index (χ1n) is 13.1. The Kier molecular flexibility index (Phi) is 5.28. The summed E-state index contributed by atoms with van der Waals surface area (Å²) in [7, 11) is 0. The quantitative estimate of drug-likeness (QED) is 0.223. The Morgan fingerprint density at radius 1 is 0.474 bits per heavy atom. The number of fused-ring (bicyclic) bond motifs is 4. The number of benzene rings is 6. The van der Waals surface area contributed by atoms with E-state index in [1.165, 1.54) is 49.9 Å². The summed E-state index contributed by atoms with van der Waals surface area (Å²) < 4.78 is 0. The van der Waals surface area contributed by atoms with E-state index in [1.54, 1.807) is 0 Å². The monoisotopic (exact) mass is 506 g/mol. The molecule has 0 unspecified atom stereocenters. The summed E-state index contributed by atoms with van der Waals surface area (Å²) in [6.45, 7) is 4.30. The van der Waals surface area contributed by atoms with Gasteiger partial charge in [0.2, 0.25) is 0 Å². The lowest BCUT2D eigenvalue weighted by Gasteiger charge is -2.34. The van der Waals surface area contributed by atoms with Gasteiger partial charge in [0.05, 0.1) is 5.41 Å². The van der Waals surface area contributed by atoms with E-state index in [2.05, 4.69) is 141 Å². The van der Waals surface area contributed by atoms with Crippen molar-refractivity contribution in [3.8, 4) is 22.3 Å². The van der Waals surface area contributed by atoms with E-state index in [9.17, 15) is 0 Å². The fourth-order valence-corrected chi connectivity index (χ4v) is 6.56. The summed E-state index contributed by atoms with van der Waals surface area (Å²) in [6.07, 6.45) is 0. The van der Waals surface area contributed by atoms with Gasteiger partial charge in [0.15, 0.2) is 0 Å². The lowest BCUT2D eigenvalue weighted by Crippen LogP contribution is -2.28. The van der Waals surface area contributed by atoms with Crippen LogP contribution in [-0.2, 0) is 5.41 Å². The van der Waals surface area contributed by atoms with Crippen molar-refractivity contribution in [1.82, 2.24) is 0 Å². The normalized spacial score (nSPS) is 13.3. The summed E-state index contributed by atoms with van der Waals surface area (Å²) in [5.41, 5.74) is 12.0. The molecule has 0 saturated carbocycles. The highest BCUT2D eigenvalue weighted by Gasteiger charge is 2.46. The maximum Gasteiger partial charge on any atom is 0.0713 e. The van der Waals surface area contributed by atoms with Crippen LogP contribution in [0, 0.1) is 13.8 Å². The van der Waals surface area contributed by atoms with Crippen LogP contribution >= 0.6 is 11.6 Å². The van der Waals surface area contributed by atoms with Crippen molar-refractivity contribution in [2.75, 3.05) is 0 Å². The molecule has 0 atom stereocenters. The lowest BCUT2D eigenvalue weighted by atomic mass is 9.67. The van der Waals surface area contributed by atoms with Gasteiger partial charge in [-0.15, -0.1) is 0 Å². The topological polar surface area (TPSA) is 0 Å². The Morgan fingerprint density at radius 2 is 1.03 bits per heavy atom. The molecule has 0 aromatic heterocycles. The first-order valence-corrected chi connectivity index (χ1v) is 13.5. The van der Waals surface area contributed by atoms with E-state index in [1.807, 2.05) is 0 Å². The van der Waals surface area contributed by atoms with Gasteiger partial charge < -0.3 is 0 Å². The largest absolute Gasteiger partial charge is 0.0836 e. The van der Waals surface area contributed by atoms with Crippen LogP contribution in [0.5, 0.6) is 0 Å². The average Bonchev–Trinajstić information content (AvgIpc) is 3.24. The van der Waals surface area contributed by atoms with Gasteiger partial charge in [-0.05, 0) is 81.8 Å². The van der Waals surface area contributed by atoms with E-state index < -0.39 is 5.41 Å². The Hall–Kier alpha value is -4.13. The molecule has 6 aromatic rings. The molecule has 1 aliphatic carbocycles. The first kappa shape index (κ1) is 23.0. The molecule has 7 rings (SSSR count). The molecule has 0 spiro atoms. The molecule has 0 radical (unpaired) electrons. The van der Waals surface area contributed by atoms with Crippen LogP contribution in [0.1, 0.15) is 33.4 Å². The highest BCUT2D eigenvalue weighted by Crippen LogP contribution is 2.57. The number of aryl methyl sites for hydroxylation is 2. The lowest BCUT2D eigenvalue weighted by molar-refractivity contribution is 0.768. The highest BCUT2D eigenvalue weighted by molar-refractivity contribution is 6.34. The van der Waals surface area contributed by atoms with Gasteiger partial charge in [-0.3, -0.25) is 0 Å². The number of halogens is 1. The van der Waals surface area contributed by atoms with E-state index in [4.69, 9.17) is 11.6 Å². The van der Waals surface area contributed by atoms with E-state index in [0.717, 1.165) is 21.5 Å². The third-order valence-electron chi connectivity index (χ3n) is 8.16. The molecule has 0 heterocycles. The molecule has 0 N–H and O–H groups in total. The molecule has 0 amide bonds. The van der Waals surface area contributed by atoms with E-state index >= 15 is 0 Å². The van der Waals surface area contributed by atoms with Gasteiger partial charge in [-0.2, -0.15) is 0 Å². The second kappa shape index (κ2) is 8.72. The Labute approximate surface area is 229 Å². The SMILES string of the molecule is Cc1ccc(C2(c3ccc(C)cc3)c3ccccc3-c3ccc(-c4cc5ccccc5cc4Cl)cc32)cc1. The van der Waals surface area contributed by atoms with Crippen molar-refractivity contribution < 1.29 is 0 Å². The molecule has 1 heteroatoms. The van der Waals surface area contributed by atoms with Crippen LogP contribution in [-0.4, -0.2) is 0 Å². The summed E-state index contributed by atoms with van der Waals surface area (Å²) in [5.74, 6) is 0. The van der Waals surface area contributed by atoms with E-state index in [-0.39, 0.29) is 0 Å². The predicted molar refractivity (Wildman–Crippen MR) is 161 cm³/mol. The zero-order valence-electron chi connectivity index (χ0n) is 21.5. The van der Waals surface area contributed by atoms with Crippen molar-refractivity contribution in [2.24, 2.45) is 0 Å². The van der Waals surface area contributed by atoms with Crippen molar-refractivity contribution in [2.45, 2.75) is 19.3 Å². The van der Waals surface area contributed by atoms with Crippen molar-refractivity contribution >= 4 is 22.4 Å². The third-order valence-corrected chi connectivity index (χ3v) is 8.47. The number of hydrogen-bond acceptors (Lipinski definition) is 0. The number of hydrogen-bond donors (Lipinski definition) is 0. The molecule has 1 aliphatic rings. The predicted octanol–water partition coefficient (Wildman–Crippen LogP) is 10.1. The van der Waals surface area contributed by atoms with Crippen LogP contribution in [0.15, 0.2) is 127 Å². The smallest absolute Gasteiger partial charge is 0.0713 e. The zero-order chi connectivity index (χ0) is 25.9. The molecule has 0 nitrogen and oxygen atoms in total. The van der Waals surface area contributed by atoms with Gasteiger partial charge in [-0.1, -0.05) is 132 Å². The molecule has 0 bridgehead atoms. The van der Waals surface area contributed by atoms with Gasteiger partial charge >= 0.3 is 0 Å². The molecule has 6 aromatic carbocycles. The Bertz CT molecular complexity index is 1780. The minimum atomic E-state index is -0.424. The fourth-order valence-electron chi connectivity index (χ4n) is 6.28. The standard InChI is InChI=1S/C37H27Cl/c1-24-11-16-29(17-12-24)37(30-18-13-25(2)14-19-30)34-10-6-5-9-31(34)32-20-15-28(22-35(32)37)33-21-26-7-3-4-8-27(26)23-36(33)38/h3-23H,1-2H3. The molecule has 38 heavy (non-hydrogen) atoms. The fraction of sp³-hybridized carbons (Fsp3) is 0.0811. The highest BCUT2D eigenvalue weighted by atomic mass is 35.5. The van der Waals surface area contributed by atoms with Gasteiger partial charge in [0, 0.05) is 10.6 Å². The molecule has 182 valence electrons. The average molecular weight is 507 g/mol. The van der Waals surface area contributed by atoms with Gasteiger partial charge in [0.1, 0.15) is 0 Å². The summed E-state index contributed by atoms with van der Waals surface area (Å²) >= 11 is 6.92. The molecular formula is C37H27Cl. The molecule has 0 saturated heterocycles. The Balaban J connectivity index is 1.56. The first-order chi connectivity index (χ1) is 18.6. The van der Waals surface area contributed by atoms with Crippen molar-refractivity contribution in [3.63, 3.8) is 0 Å². The van der Waals surface area contributed by atoms with Crippen LogP contribution in [0.2, 0.25) is 5.02 Å². The molecule has 0 fully saturated rings. The summed E-state index contributed by atoms with van der Waals surface area (Å²) in [5, 5.41) is 3.12. The molecular weight excluding hydrogens is 480 g/mol.